The van der Waals surface area contributed by atoms with Gasteiger partial charge in [0.05, 0.1) is 12.6 Å². The van der Waals surface area contributed by atoms with Crippen molar-refractivity contribution in [2.45, 2.75) is 270 Å². The summed E-state index contributed by atoms with van der Waals surface area (Å²) in [5, 5.41) is 35.2. The quantitative estimate of drug-likeness (QED) is 0.0233. The Morgan fingerprint density at radius 2 is 0.815 bits per heavy atom. The average molecular weight is 1320 g/mol. The number of carbonyl (C=O) groups excluding carboxylic acids is 10. The number of carbonyl (C=O) groups is 10. The molecule has 0 aliphatic rings. The van der Waals surface area contributed by atoms with Gasteiger partial charge >= 0.3 is 0 Å². The summed E-state index contributed by atoms with van der Waals surface area (Å²) in [6.45, 7) is 14.4. The molecule has 0 aliphatic carbocycles. The molecule has 10 atom stereocenters. The molecule has 22 N–H and O–H groups in total. The van der Waals surface area contributed by atoms with Crippen molar-refractivity contribution >= 4 is 82.8 Å². The summed E-state index contributed by atoms with van der Waals surface area (Å²) < 4.78 is 0. The number of hydrogen-bond donors (Lipinski definition) is 16. The molecule has 530 valence electrons. The standard InChI is InChI=1S/C63H121N17O11S/c1-10-12-13-14-15-16-17-18-19-20-21-22-23-31-51(83)73-45(30-27-35-71-63(68)69)56(86)79-52(42(7)11-2)60(90)78-49(38-41(5)6)59(89)75-47(32-36-92-9)57(87)80-53(43(8)81)61(91)76-46(28-24-25-33-64)55(85)77-48(37-40(3)4)58(88)74-44(29-26-34-70-62(66)67)54(84)72-39-50(65)82/h40-49,52-53,81H,10-39,64H2,1-9H3,(H2,65,82)(H,72,84)(H,73,83)(H,74,88)(H,75,89)(H,76,91)(H,77,85)(H,78,90)(H,79,86)(H,80,87)(H4,66,67,70)(H4,68,69,71)/t42-,43+,44-,45-,46-,47-,48-,49-,52-,53-/m0/s1. The third kappa shape index (κ3) is 40.5. The minimum absolute atomic E-state index is 0.0164. The maximum absolute atomic E-state index is 14.4. The fourth-order valence-electron chi connectivity index (χ4n) is 10.0. The van der Waals surface area contributed by atoms with Crippen molar-refractivity contribution in [3.05, 3.63) is 0 Å². The highest BCUT2D eigenvalue weighted by Gasteiger charge is 2.37. The molecule has 0 rings (SSSR count). The summed E-state index contributed by atoms with van der Waals surface area (Å²) in [4.78, 5) is 146. The van der Waals surface area contributed by atoms with Gasteiger partial charge in [-0.3, -0.25) is 57.9 Å². The van der Waals surface area contributed by atoms with Crippen LogP contribution in [0.1, 0.15) is 216 Å². The molecular weight excluding hydrogens is 1200 g/mol. The summed E-state index contributed by atoms with van der Waals surface area (Å²) in [7, 11) is 0. The van der Waals surface area contributed by atoms with Gasteiger partial charge in [0.25, 0.3) is 0 Å². The second kappa shape index (κ2) is 51.0. The molecule has 29 heteroatoms. The Bertz CT molecular complexity index is 2250. The SMILES string of the molecule is CCCCCCCCCCCCCCCC(=O)N[C@@H](CCCN=C(N)N)C(=O)N[C@H](C(=O)N[C@@H](CC(C)C)C(=O)N[C@@H](CCSC)C(=O)N[C@H](C(=O)N[C@@H](CCCCN)C(=O)N[C@@H](CC(C)C)C(=O)N[C@@H](CCCN=C(N)N)C(=O)NCC(N)=O)[C@@H](C)O)[C@@H](C)CC. The molecule has 0 fully saturated rings. The van der Waals surface area contributed by atoms with Gasteiger partial charge in [-0.05, 0) is 114 Å². The van der Waals surface area contributed by atoms with Crippen LogP contribution in [0, 0.1) is 17.8 Å². The Kier molecular flexibility index (Phi) is 47.4. The number of thioether (sulfide) groups is 1. The molecule has 0 saturated carbocycles. The Balaban J connectivity index is 6.55. The van der Waals surface area contributed by atoms with Gasteiger partial charge in [0.2, 0.25) is 59.1 Å². The van der Waals surface area contributed by atoms with Gasteiger partial charge in [-0.25, -0.2) is 0 Å². The highest BCUT2D eigenvalue weighted by atomic mass is 32.2. The van der Waals surface area contributed by atoms with Crippen LogP contribution in [0.5, 0.6) is 0 Å². The van der Waals surface area contributed by atoms with Gasteiger partial charge in [-0.2, -0.15) is 11.8 Å². The van der Waals surface area contributed by atoms with Crippen molar-refractivity contribution in [2.75, 3.05) is 38.2 Å². The number of aliphatic hydroxyl groups excluding tert-OH is 1. The lowest BCUT2D eigenvalue weighted by atomic mass is 9.96. The molecule has 0 saturated heterocycles. The summed E-state index contributed by atoms with van der Waals surface area (Å²) >= 11 is 1.37. The second-order valence-electron chi connectivity index (χ2n) is 24.9. The van der Waals surface area contributed by atoms with Gasteiger partial charge in [0.15, 0.2) is 11.9 Å². The maximum Gasteiger partial charge on any atom is 0.245 e. The molecule has 0 unspecified atom stereocenters. The van der Waals surface area contributed by atoms with Crippen LogP contribution in [0.3, 0.4) is 0 Å². The second-order valence-corrected chi connectivity index (χ2v) is 25.9. The molecule has 0 aromatic heterocycles. The van der Waals surface area contributed by atoms with Crippen LogP contribution >= 0.6 is 11.8 Å². The normalized spacial score (nSPS) is 14.5. The van der Waals surface area contributed by atoms with Gasteiger partial charge in [-0.15, -0.1) is 0 Å². The van der Waals surface area contributed by atoms with E-state index in [0.717, 1.165) is 25.7 Å². The summed E-state index contributed by atoms with van der Waals surface area (Å²) in [5.41, 5.74) is 33.0. The predicted molar refractivity (Wildman–Crippen MR) is 364 cm³/mol. The van der Waals surface area contributed by atoms with Crippen LogP contribution in [-0.2, 0) is 47.9 Å². The van der Waals surface area contributed by atoms with E-state index < -0.39 is 120 Å². The van der Waals surface area contributed by atoms with Crippen molar-refractivity contribution in [1.82, 2.24) is 47.9 Å². The van der Waals surface area contributed by atoms with E-state index in [2.05, 4.69) is 64.8 Å². The lowest BCUT2D eigenvalue weighted by molar-refractivity contribution is -0.137. The lowest BCUT2D eigenvalue weighted by Gasteiger charge is -2.30. The molecule has 0 aromatic carbocycles. The number of guanidine groups is 2. The fourth-order valence-corrected chi connectivity index (χ4v) is 10.5. The zero-order valence-corrected chi connectivity index (χ0v) is 57.8. The predicted octanol–water partition coefficient (Wildman–Crippen LogP) is 1.46. The highest BCUT2D eigenvalue weighted by molar-refractivity contribution is 7.98. The van der Waals surface area contributed by atoms with Gasteiger partial charge in [0, 0.05) is 19.5 Å². The third-order valence-electron chi connectivity index (χ3n) is 15.5. The molecule has 10 amide bonds. The zero-order valence-electron chi connectivity index (χ0n) is 56.9. The summed E-state index contributed by atoms with van der Waals surface area (Å²) in [6.07, 6.45) is 17.7. The highest BCUT2D eigenvalue weighted by Crippen LogP contribution is 2.17. The van der Waals surface area contributed by atoms with Crippen LogP contribution in [-0.4, -0.2) is 169 Å². The van der Waals surface area contributed by atoms with Crippen molar-refractivity contribution < 1.29 is 53.1 Å². The zero-order chi connectivity index (χ0) is 69.6. The monoisotopic (exact) mass is 1320 g/mol. The first-order valence-corrected chi connectivity index (χ1v) is 35.0. The molecular formula is C63H121N17O11S. The van der Waals surface area contributed by atoms with Crippen LogP contribution < -0.4 is 82.3 Å². The number of aliphatic hydroxyl groups is 1. The smallest absolute Gasteiger partial charge is 0.245 e. The third-order valence-corrected chi connectivity index (χ3v) is 16.1. The number of rotatable bonds is 54. The minimum Gasteiger partial charge on any atom is -0.391 e. The van der Waals surface area contributed by atoms with Crippen molar-refractivity contribution in [3.8, 4) is 0 Å². The van der Waals surface area contributed by atoms with E-state index in [9.17, 15) is 53.1 Å². The number of nitrogens with two attached hydrogens (primary N) is 6. The Morgan fingerprint density at radius 3 is 1.25 bits per heavy atom. The van der Waals surface area contributed by atoms with Crippen molar-refractivity contribution in [3.63, 3.8) is 0 Å². The number of primary amides is 1. The van der Waals surface area contributed by atoms with Crippen LogP contribution in [0.4, 0.5) is 0 Å². The van der Waals surface area contributed by atoms with Gasteiger partial charge in [-0.1, -0.05) is 132 Å². The maximum atomic E-state index is 14.4. The Morgan fingerprint density at radius 1 is 0.435 bits per heavy atom. The minimum atomic E-state index is -1.68. The van der Waals surface area contributed by atoms with Crippen molar-refractivity contribution in [1.29, 1.82) is 0 Å². The number of unbranched alkanes of at least 4 members (excludes halogenated alkanes) is 13. The van der Waals surface area contributed by atoms with E-state index in [1.807, 2.05) is 20.8 Å². The summed E-state index contributed by atoms with van der Waals surface area (Å²) in [5.74, 6) is -7.98. The molecule has 0 aliphatic heterocycles. The van der Waals surface area contributed by atoms with Crippen LogP contribution in [0.25, 0.3) is 0 Å². The molecule has 0 bridgehead atoms. The van der Waals surface area contributed by atoms with E-state index in [-0.39, 0.29) is 101 Å². The Hall–Kier alpha value is -6.49. The lowest BCUT2D eigenvalue weighted by Crippen LogP contribution is -2.62. The first-order valence-electron chi connectivity index (χ1n) is 33.6. The molecule has 0 aromatic rings. The van der Waals surface area contributed by atoms with Crippen molar-refractivity contribution in [2.24, 2.45) is 62.1 Å². The van der Waals surface area contributed by atoms with E-state index in [0.29, 0.717) is 37.9 Å². The van der Waals surface area contributed by atoms with E-state index in [1.165, 1.54) is 70.1 Å². The first-order chi connectivity index (χ1) is 43.6. The molecule has 0 spiro atoms. The number of nitrogens with zero attached hydrogens (tertiary/aromatic N) is 2. The fraction of sp³-hybridized carbons (Fsp3) is 0.810. The van der Waals surface area contributed by atoms with Gasteiger partial charge in [0.1, 0.15) is 48.3 Å². The van der Waals surface area contributed by atoms with E-state index >= 15 is 0 Å². The number of hydrogen-bond acceptors (Lipinski definition) is 15. The molecule has 28 nitrogen and oxygen atoms in total. The molecule has 92 heavy (non-hydrogen) atoms. The average Bonchev–Trinajstić information content (AvgIpc) is 1.29. The topological polar surface area (TPSA) is 480 Å². The molecule has 0 radical (unpaired) electrons. The van der Waals surface area contributed by atoms with E-state index in [4.69, 9.17) is 34.4 Å². The largest absolute Gasteiger partial charge is 0.391 e. The van der Waals surface area contributed by atoms with Crippen LogP contribution in [0.2, 0.25) is 0 Å². The van der Waals surface area contributed by atoms with Crippen LogP contribution in [0.15, 0.2) is 9.98 Å². The number of aliphatic imine (C=N–C) groups is 2. The Labute approximate surface area is 552 Å². The van der Waals surface area contributed by atoms with Gasteiger partial charge < -0.3 is 87.4 Å². The molecule has 0 heterocycles. The van der Waals surface area contributed by atoms with E-state index in [1.54, 1.807) is 27.0 Å². The number of nitrogens with one attached hydrogen (secondary N) is 9. The number of amides is 10. The first kappa shape index (κ1) is 85.5. The summed E-state index contributed by atoms with van der Waals surface area (Å²) in [6, 6.07) is -10.2.